The van der Waals surface area contributed by atoms with Crippen LogP contribution in [-0.2, 0) is 6.54 Å². The number of ether oxygens (including phenoxy) is 1. The molecule has 4 heteroatoms. The molecule has 0 aromatic heterocycles. The monoisotopic (exact) mass is 254 g/mol. The summed E-state index contributed by atoms with van der Waals surface area (Å²) in [4.78, 5) is 2.42. The van der Waals surface area contributed by atoms with Crippen molar-refractivity contribution in [3.8, 4) is 5.75 Å². The zero-order chi connectivity index (χ0) is 12.1. The minimum Gasteiger partial charge on any atom is -0.492 e. The maximum Gasteiger partial charge on any atom is 0.142 e. The Morgan fingerprint density at radius 3 is 2.82 bits per heavy atom. The van der Waals surface area contributed by atoms with E-state index in [1.807, 2.05) is 19.1 Å². The van der Waals surface area contributed by atoms with Crippen LogP contribution in [0.2, 0.25) is 5.02 Å². The molecule has 94 valence electrons. The maximum absolute atomic E-state index is 6.17. The molecule has 0 saturated carbocycles. The van der Waals surface area contributed by atoms with Gasteiger partial charge < -0.3 is 10.1 Å². The number of hydrogen-bond acceptors (Lipinski definition) is 3. The first-order valence-electron chi connectivity index (χ1n) is 6.14. The third-order valence-electron chi connectivity index (χ3n) is 2.94. The fraction of sp³-hybridized carbons (Fsp3) is 0.538. The largest absolute Gasteiger partial charge is 0.492 e. The van der Waals surface area contributed by atoms with Gasteiger partial charge in [-0.05, 0) is 13.0 Å². The summed E-state index contributed by atoms with van der Waals surface area (Å²) >= 11 is 6.17. The Labute approximate surface area is 108 Å². The van der Waals surface area contributed by atoms with Crippen LogP contribution in [0.25, 0.3) is 0 Å². The van der Waals surface area contributed by atoms with Gasteiger partial charge >= 0.3 is 0 Å². The third kappa shape index (κ3) is 3.35. The smallest absolute Gasteiger partial charge is 0.142 e. The number of nitrogens with zero attached hydrogens (tertiary/aromatic N) is 1. The number of rotatable bonds is 4. The first kappa shape index (κ1) is 12.7. The predicted molar refractivity (Wildman–Crippen MR) is 70.8 cm³/mol. The Kier molecular flexibility index (Phi) is 4.66. The maximum atomic E-state index is 6.17. The number of benzene rings is 1. The molecule has 1 saturated heterocycles. The van der Waals surface area contributed by atoms with Gasteiger partial charge in [0.1, 0.15) is 5.75 Å². The van der Waals surface area contributed by atoms with Gasteiger partial charge in [0.2, 0.25) is 0 Å². The van der Waals surface area contributed by atoms with Gasteiger partial charge in [-0.2, -0.15) is 0 Å². The zero-order valence-corrected chi connectivity index (χ0v) is 11.0. The molecule has 1 aromatic carbocycles. The Morgan fingerprint density at radius 2 is 2.12 bits per heavy atom. The van der Waals surface area contributed by atoms with E-state index in [9.17, 15) is 0 Å². The highest BCUT2D eigenvalue weighted by molar-refractivity contribution is 6.32. The summed E-state index contributed by atoms with van der Waals surface area (Å²) in [5.41, 5.74) is 1.18. The molecule has 1 aliphatic heterocycles. The van der Waals surface area contributed by atoms with Crippen molar-refractivity contribution in [3.05, 3.63) is 28.8 Å². The molecule has 0 atom stereocenters. The summed E-state index contributed by atoms with van der Waals surface area (Å²) in [5, 5.41) is 4.06. The molecule has 1 aliphatic rings. The molecule has 0 spiro atoms. The number of hydrogen-bond donors (Lipinski definition) is 1. The van der Waals surface area contributed by atoms with Gasteiger partial charge in [-0.15, -0.1) is 0 Å². The van der Waals surface area contributed by atoms with Gasteiger partial charge in [0.05, 0.1) is 11.6 Å². The van der Waals surface area contributed by atoms with Gasteiger partial charge in [0, 0.05) is 38.3 Å². The highest BCUT2D eigenvalue weighted by Crippen LogP contribution is 2.29. The van der Waals surface area contributed by atoms with Crippen LogP contribution in [0, 0.1) is 0 Å². The van der Waals surface area contributed by atoms with Crippen LogP contribution >= 0.6 is 11.6 Å². The number of piperazine rings is 1. The highest BCUT2D eigenvalue weighted by atomic mass is 35.5. The molecule has 1 aromatic rings. The molecule has 1 fully saturated rings. The Hall–Kier alpha value is -0.770. The van der Waals surface area contributed by atoms with Crippen molar-refractivity contribution in [2.24, 2.45) is 0 Å². The minimum atomic E-state index is 0.651. The van der Waals surface area contributed by atoms with E-state index in [4.69, 9.17) is 16.3 Å². The van der Waals surface area contributed by atoms with E-state index in [0.29, 0.717) is 11.6 Å². The molecule has 0 bridgehead atoms. The third-order valence-corrected chi connectivity index (χ3v) is 3.24. The van der Waals surface area contributed by atoms with E-state index >= 15 is 0 Å². The molecule has 0 unspecified atom stereocenters. The van der Waals surface area contributed by atoms with Crippen molar-refractivity contribution in [2.45, 2.75) is 13.5 Å². The topological polar surface area (TPSA) is 24.5 Å². The standard InChI is InChI=1S/C13H19ClN2O/c1-2-17-13-11(4-3-5-12(13)14)10-16-8-6-15-7-9-16/h3-5,15H,2,6-10H2,1H3. The lowest BCUT2D eigenvalue weighted by Gasteiger charge is -2.28. The first-order valence-corrected chi connectivity index (χ1v) is 6.52. The molecule has 1 heterocycles. The normalized spacial score (nSPS) is 17.1. The Bertz CT molecular complexity index is 364. The average Bonchev–Trinajstić information content (AvgIpc) is 2.35. The van der Waals surface area contributed by atoms with Crippen LogP contribution in [0.5, 0.6) is 5.75 Å². The van der Waals surface area contributed by atoms with Gasteiger partial charge in [-0.25, -0.2) is 0 Å². The molecule has 0 aliphatic carbocycles. The van der Waals surface area contributed by atoms with Crippen molar-refractivity contribution in [3.63, 3.8) is 0 Å². The van der Waals surface area contributed by atoms with Crippen molar-refractivity contribution >= 4 is 11.6 Å². The molecule has 17 heavy (non-hydrogen) atoms. The van der Waals surface area contributed by atoms with Crippen molar-refractivity contribution in [1.82, 2.24) is 10.2 Å². The van der Waals surface area contributed by atoms with E-state index in [1.165, 1.54) is 5.56 Å². The first-order chi connectivity index (χ1) is 8.31. The summed E-state index contributed by atoms with van der Waals surface area (Å²) in [6.45, 7) is 7.83. The Morgan fingerprint density at radius 1 is 1.35 bits per heavy atom. The second kappa shape index (κ2) is 6.24. The van der Waals surface area contributed by atoms with E-state index in [0.717, 1.165) is 38.5 Å². The summed E-state index contributed by atoms with van der Waals surface area (Å²) in [6.07, 6.45) is 0. The average molecular weight is 255 g/mol. The van der Waals surface area contributed by atoms with E-state index in [1.54, 1.807) is 0 Å². The molecule has 0 amide bonds. The van der Waals surface area contributed by atoms with Crippen LogP contribution in [0.15, 0.2) is 18.2 Å². The number of nitrogens with one attached hydrogen (secondary N) is 1. The van der Waals surface area contributed by atoms with Crippen LogP contribution in [-0.4, -0.2) is 37.7 Å². The summed E-state index contributed by atoms with van der Waals surface area (Å²) in [7, 11) is 0. The van der Waals surface area contributed by atoms with E-state index in [2.05, 4.69) is 16.3 Å². The van der Waals surface area contributed by atoms with Gasteiger partial charge in [-0.3, -0.25) is 4.90 Å². The van der Waals surface area contributed by atoms with Crippen molar-refractivity contribution in [1.29, 1.82) is 0 Å². The fourth-order valence-corrected chi connectivity index (χ4v) is 2.34. The number of para-hydroxylation sites is 1. The van der Waals surface area contributed by atoms with Crippen LogP contribution < -0.4 is 10.1 Å². The highest BCUT2D eigenvalue weighted by Gasteiger charge is 2.14. The lowest BCUT2D eigenvalue weighted by molar-refractivity contribution is 0.228. The molecule has 0 radical (unpaired) electrons. The summed E-state index contributed by atoms with van der Waals surface area (Å²) < 4.78 is 5.64. The summed E-state index contributed by atoms with van der Waals surface area (Å²) in [5.74, 6) is 0.843. The van der Waals surface area contributed by atoms with Crippen LogP contribution in [0.4, 0.5) is 0 Å². The minimum absolute atomic E-state index is 0.651. The van der Waals surface area contributed by atoms with Crippen molar-refractivity contribution in [2.75, 3.05) is 32.8 Å². The van der Waals surface area contributed by atoms with Gasteiger partial charge in [0.15, 0.2) is 0 Å². The van der Waals surface area contributed by atoms with E-state index in [-0.39, 0.29) is 0 Å². The molecule has 3 nitrogen and oxygen atoms in total. The lowest BCUT2D eigenvalue weighted by Crippen LogP contribution is -2.42. The fourth-order valence-electron chi connectivity index (χ4n) is 2.09. The van der Waals surface area contributed by atoms with Gasteiger partial charge in [0.25, 0.3) is 0 Å². The molecule has 1 N–H and O–H groups in total. The Balaban J connectivity index is 2.10. The van der Waals surface area contributed by atoms with E-state index < -0.39 is 0 Å². The molecule has 2 rings (SSSR count). The zero-order valence-electron chi connectivity index (χ0n) is 10.2. The lowest BCUT2D eigenvalue weighted by atomic mass is 10.1. The summed E-state index contributed by atoms with van der Waals surface area (Å²) in [6, 6.07) is 5.97. The SMILES string of the molecule is CCOc1c(Cl)cccc1CN1CCNCC1. The predicted octanol–water partition coefficient (Wildman–Crippen LogP) is 2.14. The van der Waals surface area contributed by atoms with Crippen LogP contribution in [0.3, 0.4) is 0 Å². The second-order valence-corrected chi connectivity index (χ2v) is 4.59. The van der Waals surface area contributed by atoms with Crippen molar-refractivity contribution < 1.29 is 4.74 Å². The number of halogens is 1. The van der Waals surface area contributed by atoms with Crippen LogP contribution in [0.1, 0.15) is 12.5 Å². The molecular weight excluding hydrogens is 236 g/mol. The molecular formula is C13H19ClN2O. The second-order valence-electron chi connectivity index (χ2n) is 4.19. The quantitative estimate of drug-likeness (QED) is 0.891. The van der Waals surface area contributed by atoms with Gasteiger partial charge in [-0.1, -0.05) is 23.7 Å².